The van der Waals surface area contributed by atoms with Gasteiger partial charge in [0.05, 0.1) is 0 Å². The number of hydrogen-bond donors (Lipinski definition) is 2. The molecule has 1 fully saturated rings. The first-order chi connectivity index (χ1) is 9.72. The zero-order valence-corrected chi connectivity index (χ0v) is 12.2. The van der Waals surface area contributed by atoms with E-state index in [0.29, 0.717) is 5.92 Å². The lowest BCUT2D eigenvalue weighted by Crippen LogP contribution is -2.43. The van der Waals surface area contributed by atoms with Gasteiger partial charge in [0.1, 0.15) is 6.04 Å². The Bertz CT molecular complexity index is 486. The molecule has 2 N–H and O–H groups in total. The van der Waals surface area contributed by atoms with Gasteiger partial charge in [-0.15, -0.1) is 0 Å². The summed E-state index contributed by atoms with van der Waals surface area (Å²) in [5.74, 6) is 1.68. The molecule has 3 unspecified atom stereocenters. The van der Waals surface area contributed by atoms with Crippen molar-refractivity contribution >= 4 is 11.6 Å². The molecule has 3 rings (SSSR count). The Kier molecular flexibility index (Phi) is 3.95. The molecule has 1 heterocycles. The summed E-state index contributed by atoms with van der Waals surface area (Å²) in [6.07, 6.45) is 5.73. The van der Waals surface area contributed by atoms with E-state index >= 15 is 0 Å². The highest BCUT2D eigenvalue weighted by molar-refractivity contribution is 5.85. The van der Waals surface area contributed by atoms with Crippen molar-refractivity contribution in [2.75, 3.05) is 11.9 Å². The Labute approximate surface area is 121 Å². The topological polar surface area (TPSA) is 41.1 Å². The highest BCUT2D eigenvalue weighted by Crippen LogP contribution is 2.30. The summed E-state index contributed by atoms with van der Waals surface area (Å²) < 4.78 is 0. The van der Waals surface area contributed by atoms with Gasteiger partial charge in [-0.2, -0.15) is 0 Å². The summed E-state index contributed by atoms with van der Waals surface area (Å²) in [6.45, 7) is 3.16. The van der Waals surface area contributed by atoms with Crippen LogP contribution in [0.25, 0.3) is 0 Å². The molecule has 2 aliphatic rings. The Morgan fingerprint density at radius 1 is 1.30 bits per heavy atom. The first kappa shape index (κ1) is 13.5. The van der Waals surface area contributed by atoms with E-state index in [1.54, 1.807) is 0 Å². The van der Waals surface area contributed by atoms with E-state index in [9.17, 15) is 4.79 Å². The normalized spacial score (nSPS) is 28.6. The van der Waals surface area contributed by atoms with Crippen LogP contribution in [0.1, 0.15) is 38.2 Å². The predicted octanol–water partition coefficient (Wildman–Crippen LogP) is 2.97. The molecule has 3 atom stereocenters. The summed E-state index contributed by atoms with van der Waals surface area (Å²) in [6, 6.07) is 8.21. The van der Waals surface area contributed by atoms with Crippen LogP contribution in [0.15, 0.2) is 24.3 Å². The average molecular weight is 272 g/mol. The molecule has 1 amide bonds. The summed E-state index contributed by atoms with van der Waals surface area (Å²) in [4.78, 5) is 12.3. The maximum Gasteiger partial charge on any atom is 0.242 e. The van der Waals surface area contributed by atoms with Crippen LogP contribution >= 0.6 is 0 Å². The van der Waals surface area contributed by atoms with Gasteiger partial charge in [0.25, 0.3) is 0 Å². The van der Waals surface area contributed by atoms with Gasteiger partial charge in [-0.25, -0.2) is 0 Å². The van der Waals surface area contributed by atoms with Crippen LogP contribution in [0.3, 0.4) is 0 Å². The molecule has 0 aromatic heterocycles. The van der Waals surface area contributed by atoms with Crippen LogP contribution in [0.5, 0.6) is 0 Å². The van der Waals surface area contributed by atoms with Crippen LogP contribution < -0.4 is 10.6 Å². The van der Waals surface area contributed by atoms with Crippen LogP contribution in [-0.2, 0) is 11.2 Å². The number of carbonyl (C=O) groups is 1. The number of para-hydroxylation sites is 1. The van der Waals surface area contributed by atoms with Crippen LogP contribution in [-0.4, -0.2) is 18.5 Å². The molecular weight excluding hydrogens is 248 g/mol. The van der Waals surface area contributed by atoms with Gasteiger partial charge >= 0.3 is 0 Å². The maximum absolute atomic E-state index is 12.3. The fourth-order valence-electron chi connectivity index (χ4n) is 3.51. The molecule has 108 valence electrons. The largest absolute Gasteiger partial charge is 0.373 e. The van der Waals surface area contributed by atoms with E-state index in [1.807, 2.05) is 6.07 Å². The second-order valence-corrected chi connectivity index (χ2v) is 6.42. The van der Waals surface area contributed by atoms with E-state index in [-0.39, 0.29) is 11.9 Å². The van der Waals surface area contributed by atoms with Gasteiger partial charge in [0.2, 0.25) is 5.91 Å². The van der Waals surface area contributed by atoms with E-state index < -0.39 is 0 Å². The third-order valence-electron chi connectivity index (χ3n) is 4.73. The zero-order chi connectivity index (χ0) is 13.9. The Morgan fingerprint density at radius 2 is 2.15 bits per heavy atom. The molecule has 1 aromatic rings. The van der Waals surface area contributed by atoms with Gasteiger partial charge in [-0.3, -0.25) is 4.79 Å². The number of fused-ring (bicyclic) bond motifs is 1. The number of carbonyl (C=O) groups excluding carboxylic acids is 1. The van der Waals surface area contributed by atoms with Crippen molar-refractivity contribution in [3.05, 3.63) is 29.8 Å². The number of amides is 1. The molecule has 1 aromatic carbocycles. The molecule has 0 saturated heterocycles. The van der Waals surface area contributed by atoms with Gasteiger partial charge in [-0.1, -0.05) is 31.5 Å². The molecular formula is C17H24N2O. The van der Waals surface area contributed by atoms with Gasteiger partial charge in [0.15, 0.2) is 0 Å². The van der Waals surface area contributed by atoms with Gasteiger partial charge in [0, 0.05) is 12.2 Å². The van der Waals surface area contributed by atoms with E-state index in [4.69, 9.17) is 0 Å². The first-order valence-electron chi connectivity index (χ1n) is 7.84. The number of benzene rings is 1. The van der Waals surface area contributed by atoms with Crippen molar-refractivity contribution in [3.8, 4) is 0 Å². The minimum absolute atomic E-state index is 0.0660. The lowest BCUT2D eigenvalue weighted by Gasteiger charge is -2.26. The average Bonchev–Trinajstić information content (AvgIpc) is 2.90. The number of rotatable bonds is 3. The van der Waals surface area contributed by atoms with E-state index in [2.05, 4.69) is 35.8 Å². The van der Waals surface area contributed by atoms with E-state index in [1.165, 1.54) is 24.8 Å². The highest BCUT2D eigenvalue weighted by atomic mass is 16.2. The molecule has 3 heteroatoms. The van der Waals surface area contributed by atoms with Crippen molar-refractivity contribution in [1.29, 1.82) is 0 Å². The summed E-state index contributed by atoms with van der Waals surface area (Å²) in [5.41, 5.74) is 2.44. The zero-order valence-electron chi connectivity index (χ0n) is 12.2. The monoisotopic (exact) mass is 272 g/mol. The minimum atomic E-state index is -0.0660. The van der Waals surface area contributed by atoms with Crippen LogP contribution in [0.4, 0.5) is 5.69 Å². The maximum atomic E-state index is 12.3. The molecule has 20 heavy (non-hydrogen) atoms. The molecule has 1 aliphatic carbocycles. The molecule has 1 saturated carbocycles. The Balaban J connectivity index is 1.51. The summed E-state index contributed by atoms with van der Waals surface area (Å²) in [5, 5.41) is 6.51. The third kappa shape index (κ3) is 2.97. The fraction of sp³-hybridized carbons (Fsp3) is 0.588. The number of aryl methyl sites for hydroxylation is 1. The van der Waals surface area contributed by atoms with Crippen LogP contribution in [0.2, 0.25) is 0 Å². The molecule has 0 spiro atoms. The SMILES string of the molecule is CC1CCC(CNC(=O)C2CCc3ccccc3N2)C1. The summed E-state index contributed by atoms with van der Waals surface area (Å²) in [7, 11) is 0. The lowest BCUT2D eigenvalue weighted by molar-refractivity contribution is -0.122. The second kappa shape index (κ2) is 5.86. The molecule has 0 radical (unpaired) electrons. The molecule has 1 aliphatic heterocycles. The Morgan fingerprint density at radius 3 is 2.95 bits per heavy atom. The third-order valence-corrected chi connectivity index (χ3v) is 4.73. The van der Waals surface area contributed by atoms with Crippen molar-refractivity contribution in [2.24, 2.45) is 11.8 Å². The first-order valence-corrected chi connectivity index (χ1v) is 7.84. The minimum Gasteiger partial charge on any atom is -0.373 e. The van der Waals surface area contributed by atoms with Crippen LogP contribution in [0, 0.1) is 11.8 Å². The standard InChI is InChI=1S/C17H24N2O/c1-12-6-7-13(10-12)11-18-17(20)16-9-8-14-4-2-3-5-15(14)19-16/h2-5,12-13,16,19H,6-11H2,1H3,(H,18,20). The van der Waals surface area contributed by atoms with Crippen molar-refractivity contribution in [2.45, 2.75) is 45.1 Å². The predicted molar refractivity (Wildman–Crippen MR) is 81.7 cm³/mol. The fourth-order valence-corrected chi connectivity index (χ4v) is 3.51. The van der Waals surface area contributed by atoms with Gasteiger partial charge in [-0.05, 0) is 49.1 Å². The number of anilines is 1. The smallest absolute Gasteiger partial charge is 0.242 e. The Hall–Kier alpha value is -1.51. The second-order valence-electron chi connectivity index (χ2n) is 6.42. The summed E-state index contributed by atoms with van der Waals surface area (Å²) >= 11 is 0. The van der Waals surface area contributed by atoms with Crippen molar-refractivity contribution < 1.29 is 4.79 Å². The number of nitrogens with one attached hydrogen (secondary N) is 2. The van der Waals surface area contributed by atoms with Gasteiger partial charge < -0.3 is 10.6 Å². The molecule has 0 bridgehead atoms. The number of hydrogen-bond acceptors (Lipinski definition) is 2. The van der Waals surface area contributed by atoms with Crippen molar-refractivity contribution in [1.82, 2.24) is 5.32 Å². The lowest BCUT2D eigenvalue weighted by atomic mass is 9.97. The molecule has 3 nitrogen and oxygen atoms in total. The highest BCUT2D eigenvalue weighted by Gasteiger charge is 2.26. The quantitative estimate of drug-likeness (QED) is 0.888. The van der Waals surface area contributed by atoms with E-state index in [0.717, 1.165) is 31.0 Å². The van der Waals surface area contributed by atoms with Crippen molar-refractivity contribution in [3.63, 3.8) is 0 Å².